The number of methoxy groups -OCH3 is 1. The van der Waals surface area contributed by atoms with Gasteiger partial charge in [-0.2, -0.15) is 5.26 Å². The summed E-state index contributed by atoms with van der Waals surface area (Å²) in [6.07, 6.45) is 2.43. The summed E-state index contributed by atoms with van der Waals surface area (Å²) >= 11 is 6.17. The zero-order valence-electron chi connectivity index (χ0n) is 17.5. The van der Waals surface area contributed by atoms with Crippen molar-refractivity contribution in [2.75, 3.05) is 18.1 Å². The number of benzene rings is 3. The van der Waals surface area contributed by atoms with Crippen LogP contribution in [0.3, 0.4) is 0 Å². The maximum atomic E-state index is 11.4. The predicted octanol–water partition coefficient (Wildman–Crippen LogP) is 4.99. The molecular weight excluding hydrogens is 464 g/mol. The molecule has 1 heterocycles. The van der Waals surface area contributed by atoms with E-state index in [-0.39, 0.29) is 16.4 Å². The van der Waals surface area contributed by atoms with Gasteiger partial charge in [-0.1, -0.05) is 29.8 Å². The van der Waals surface area contributed by atoms with E-state index in [9.17, 15) is 13.7 Å². The van der Waals surface area contributed by atoms with Crippen molar-refractivity contribution in [2.45, 2.75) is 0 Å². The van der Waals surface area contributed by atoms with Gasteiger partial charge in [0, 0.05) is 12.1 Å². The first-order chi connectivity index (χ1) is 15.8. The number of nitrogens with one attached hydrogen (secondary N) is 1. The van der Waals surface area contributed by atoms with E-state index in [0.717, 1.165) is 17.4 Å². The summed E-state index contributed by atoms with van der Waals surface area (Å²) < 4.78 is 36.1. The second-order valence-electron chi connectivity index (χ2n) is 7.06. The van der Waals surface area contributed by atoms with Crippen LogP contribution in [0, 0.1) is 11.3 Å². The van der Waals surface area contributed by atoms with Crippen molar-refractivity contribution in [1.29, 1.82) is 5.26 Å². The molecule has 0 fully saturated rings. The monoisotopic (exact) mass is 480 g/mol. The van der Waals surface area contributed by atoms with Crippen molar-refractivity contribution in [3.63, 3.8) is 0 Å². The molecule has 0 aliphatic rings. The average Bonchev–Trinajstić information content (AvgIpc) is 2.78. The Morgan fingerprint density at radius 3 is 2.39 bits per heavy atom. The van der Waals surface area contributed by atoms with Crippen LogP contribution in [0.15, 0.2) is 60.8 Å². The van der Waals surface area contributed by atoms with E-state index in [1.807, 2.05) is 30.3 Å². The lowest BCUT2D eigenvalue weighted by Gasteiger charge is -2.11. The summed E-state index contributed by atoms with van der Waals surface area (Å²) in [4.78, 5) is 8.57. The zero-order valence-corrected chi connectivity index (χ0v) is 19.1. The molecule has 0 atom stereocenters. The lowest BCUT2D eigenvalue weighted by molar-refractivity contribution is 0.411. The number of anilines is 1. The van der Waals surface area contributed by atoms with Crippen LogP contribution in [0.25, 0.3) is 22.2 Å². The van der Waals surface area contributed by atoms with Crippen molar-refractivity contribution in [3.05, 3.63) is 71.4 Å². The van der Waals surface area contributed by atoms with Crippen LogP contribution in [-0.4, -0.2) is 31.8 Å². The van der Waals surface area contributed by atoms with Crippen LogP contribution in [0.4, 0.5) is 5.82 Å². The third-order valence-electron chi connectivity index (χ3n) is 4.60. The minimum atomic E-state index is -3.43. The van der Waals surface area contributed by atoms with Crippen LogP contribution < -0.4 is 14.2 Å². The standard InChI is InChI=1S/C23H17ClN4O4S/c1-31-23-16(12-25)9-18(11-19(23)24)32-17-6-3-14(4-7-17)15-5-8-20-21(10-15)26-13-22(27-20)28-33(2,29)30/h3-11,13H,1-2H3,(H,27,28). The van der Waals surface area contributed by atoms with Gasteiger partial charge in [0.05, 0.1) is 41.2 Å². The first kappa shape index (κ1) is 22.3. The van der Waals surface area contributed by atoms with Crippen LogP contribution >= 0.6 is 11.6 Å². The molecule has 10 heteroatoms. The lowest BCUT2D eigenvalue weighted by atomic mass is 10.0. The Labute approximate surface area is 195 Å². The number of ether oxygens (including phenoxy) is 2. The highest BCUT2D eigenvalue weighted by atomic mass is 35.5. The first-order valence-electron chi connectivity index (χ1n) is 9.56. The Morgan fingerprint density at radius 2 is 1.73 bits per heavy atom. The van der Waals surface area contributed by atoms with Crippen molar-refractivity contribution < 1.29 is 17.9 Å². The number of rotatable bonds is 6. The van der Waals surface area contributed by atoms with Crippen LogP contribution in [0.1, 0.15) is 5.56 Å². The normalized spacial score (nSPS) is 11.1. The molecule has 0 bridgehead atoms. The summed E-state index contributed by atoms with van der Waals surface area (Å²) in [6, 6.07) is 18.1. The molecule has 0 saturated carbocycles. The van der Waals surface area contributed by atoms with Gasteiger partial charge < -0.3 is 9.47 Å². The maximum Gasteiger partial charge on any atom is 0.231 e. The molecule has 3 aromatic carbocycles. The number of fused-ring (bicyclic) bond motifs is 1. The molecule has 0 aliphatic heterocycles. The molecule has 33 heavy (non-hydrogen) atoms. The van der Waals surface area contributed by atoms with E-state index in [4.69, 9.17) is 21.1 Å². The smallest absolute Gasteiger partial charge is 0.231 e. The number of hydrogen-bond acceptors (Lipinski definition) is 7. The second kappa shape index (κ2) is 8.94. The molecule has 0 aliphatic carbocycles. The minimum absolute atomic E-state index is 0.164. The molecule has 0 saturated heterocycles. The van der Waals surface area contributed by atoms with Gasteiger partial charge in [-0.3, -0.25) is 9.71 Å². The fraction of sp³-hybridized carbons (Fsp3) is 0.0870. The van der Waals surface area contributed by atoms with E-state index in [1.54, 1.807) is 30.3 Å². The molecule has 0 spiro atoms. The highest BCUT2D eigenvalue weighted by molar-refractivity contribution is 7.92. The van der Waals surface area contributed by atoms with E-state index in [2.05, 4.69) is 14.7 Å². The Balaban J connectivity index is 1.56. The highest BCUT2D eigenvalue weighted by Crippen LogP contribution is 2.35. The molecule has 4 rings (SSSR count). The average molecular weight is 481 g/mol. The third kappa shape index (κ3) is 5.14. The Morgan fingerprint density at radius 1 is 1.00 bits per heavy atom. The highest BCUT2D eigenvalue weighted by Gasteiger charge is 2.12. The molecule has 0 unspecified atom stereocenters. The summed E-state index contributed by atoms with van der Waals surface area (Å²) in [5, 5.41) is 9.57. The van der Waals surface area contributed by atoms with Gasteiger partial charge in [-0.15, -0.1) is 0 Å². The van der Waals surface area contributed by atoms with Gasteiger partial charge in [-0.05, 0) is 35.4 Å². The second-order valence-corrected chi connectivity index (χ2v) is 9.21. The van der Waals surface area contributed by atoms with Crippen LogP contribution in [0.5, 0.6) is 17.2 Å². The van der Waals surface area contributed by atoms with Crippen molar-refractivity contribution in [2.24, 2.45) is 0 Å². The van der Waals surface area contributed by atoms with Gasteiger partial charge in [0.15, 0.2) is 11.6 Å². The summed E-state index contributed by atoms with van der Waals surface area (Å²) in [7, 11) is -1.98. The van der Waals surface area contributed by atoms with Gasteiger partial charge >= 0.3 is 0 Å². The number of hydrogen-bond donors (Lipinski definition) is 1. The zero-order chi connectivity index (χ0) is 23.6. The molecule has 1 N–H and O–H groups in total. The first-order valence-corrected chi connectivity index (χ1v) is 11.8. The quantitative estimate of drug-likeness (QED) is 0.413. The number of aromatic nitrogens is 2. The molecule has 0 radical (unpaired) electrons. The predicted molar refractivity (Wildman–Crippen MR) is 126 cm³/mol. The largest absolute Gasteiger partial charge is 0.494 e. The minimum Gasteiger partial charge on any atom is -0.494 e. The summed E-state index contributed by atoms with van der Waals surface area (Å²) in [5.74, 6) is 1.46. The lowest BCUT2D eigenvalue weighted by Crippen LogP contribution is -2.11. The molecule has 4 aromatic rings. The number of nitriles is 1. The van der Waals surface area contributed by atoms with Gasteiger partial charge in [-0.25, -0.2) is 13.4 Å². The summed E-state index contributed by atoms with van der Waals surface area (Å²) in [6.45, 7) is 0. The van der Waals surface area contributed by atoms with Gasteiger partial charge in [0.25, 0.3) is 0 Å². The Bertz CT molecular complexity index is 1500. The van der Waals surface area contributed by atoms with Crippen molar-refractivity contribution in [1.82, 2.24) is 9.97 Å². The van der Waals surface area contributed by atoms with E-state index in [0.29, 0.717) is 28.3 Å². The molecular formula is C23H17ClN4O4S. The number of nitrogens with zero attached hydrogens (tertiary/aromatic N) is 3. The van der Waals surface area contributed by atoms with Crippen LogP contribution in [0.2, 0.25) is 5.02 Å². The summed E-state index contributed by atoms with van der Waals surface area (Å²) in [5.41, 5.74) is 3.31. The molecule has 1 aromatic heterocycles. The fourth-order valence-corrected chi connectivity index (χ4v) is 3.96. The number of sulfonamides is 1. The molecule has 0 amide bonds. The van der Waals surface area contributed by atoms with Crippen molar-refractivity contribution in [3.8, 4) is 34.4 Å². The SMILES string of the molecule is COc1c(Cl)cc(Oc2ccc(-c3ccc4nc(NS(C)(=O)=O)cnc4c3)cc2)cc1C#N. The van der Waals surface area contributed by atoms with Crippen LogP contribution in [-0.2, 0) is 10.0 Å². The van der Waals surface area contributed by atoms with E-state index in [1.165, 1.54) is 13.3 Å². The fourth-order valence-electron chi connectivity index (χ4n) is 3.20. The third-order valence-corrected chi connectivity index (χ3v) is 5.46. The Hall–Kier alpha value is -3.87. The Kier molecular flexibility index (Phi) is 6.05. The number of halogens is 1. The van der Waals surface area contributed by atoms with E-state index >= 15 is 0 Å². The van der Waals surface area contributed by atoms with Gasteiger partial charge in [0.2, 0.25) is 10.0 Å². The van der Waals surface area contributed by atoms with Gasteiger partial charge in [0.1, 0.15) is 17.6 Å². The molecule has 166 valence electrons. The van der Waals surface area contributed by atoms with E-state index < -0.39 is 10.0 Å². The maximum absolute atomic E-state index is 11.4. The van der Waals surface area contributed by atoms with Crippen molar-refractivity contribution >= 4 is 38.5 Å². The molecule has 8 nitrogen and oxygen atoms in total. The topological polar surface area (TPSA) is 114 Å².